The third-order valence-corrected chi connectivity index (χ3v) is 2.49. The fraction of sp³-hybridized carbons (Fsp3) is 0.462. The van der Waals surface area contributed by atoms with Crippen molar-refractivity contribution >= 4 is 17.9 Å². The molecule has 0 aliphatic heterocycles. The Morgan fingerprint density at radius 2 is 2.00 bits per heavy atom. The molecule has 110 valence electrons. The number of rotatable bonds is 4. The molecule has 2 N–H and O–H groups in total. The van der Waals surface area contributed by atoms with E-state index in [-0.39, 0.29) is 5.56 Å². The second-order valence-corrected chi connectivity index (χ2v) is 4.22. The fourth-order valence-electron chi connectivity index (χ4n) is 1.53. The van der Waals surface area contributed by atoms with Crippen LogP contribution in [0.4, 0.5) is 4.79 Å². The van der Waals surface area contributed by atoms with Gasteiger partial charge in [0, 0.05) is 6.54 Å². The Morgan fingerprint density at radius 1 is 1.35 bits per heavy atom. The molecule has 0 aliphatic rings. The average Bonchev–Trinajstić information content (AvgIpc) is 2.68. The van der Waals surface area contributed by atoms with E-state index >= 15 is 0 Å². The maximum atomic E-state index is 11.8. The minimum atomic E-state index is -1.08. The highest BCUT2D eigenvalue weighted by Crippen LogP contribution is 2.15. The van der Waals surface area contributed by atoms with E-state index in [1.807, 2.05) is 0 Å². The van der Waals surface area contributed by atoms with E-state index in [1.54, 1.807) is 20.8 Å². The van der Waals surface area contributed by atoms with Gasteiger partial charge in [0.1, 0.15) is 17.1 Å². The van der Waals surface area contributed by atoms with Gasteiger partial charge in [-0.2, -0.15) is 0 Å². The highest BCUT2D eigenvalue weighted by Gasteiger charge is 2.22. The molecule has 0 spiro atoms. The van der Waals surface area contributed by atoms with Crippen LogP contribution in [0.5, 0.6) is 0 Å². The molecule has 1 aromatic heterocycles. The van der Waals surface area contributed by atoms with Crippen molar-refractivity contribution < 1.29 is 23.5 Å². The number of furan rings is 1. The van der Waals surface area contributed by atoms with Crippen molar-refractivity contribution in [3.8, 4) is 0 Å². The molecular formula is C13H18N2O5. The number of amides is 3. The van der Waals surface area contributed by atoms with Crippen LogP contribution in [-0.2, 0) is 9.53 Å². The lowest BCUT2D eigenvalue weighted by molar-refractivity contribution is -0.127. The van der Waals surface area contributed by atoms with Gasteiger partial charge in [0.2, 0.25) is 0 Å². The molecule has 0 saturated carbocycles. The van der Waals surface area contributed by atoms with Gasteiger partial charge in [-0.05, 0) is 33.8 Å². The summed E-state index contributed by atoms with van der Waals surface area (Å²) in [5, 5.41) is 4.47. The van der Waals surface area contributed by atoms with E-state index in [1.165, 1.54) is 13.0 Å². The lowest BCUT2D eigenvalue weighted by Crippen LogP contribution is -2.44. The first-order chi connectivity index (χ1) is 9.35. The third kappa shape index (κ3) is 4.11. The van der Waals surface area contributed by atoms with Crippen molar-refractivity contribution in [2.45, 2.75) is 33.8 Å². The molecule has 20 heavy (non-hydrogen) atoms. The lowest BCUT2D eigenvalue weighted by Gasteiger charge is -2.12. The largest absolute Gasteiger partial charge is 0.466 e. The molecule has 1 atom stereocenters. The smallest absolute Gasteiger partial charge is 0.342 e. The fourth-order valence-corrected chi connectivity index (χ4v) is 1.53. The number of nitrogens with one attached hydrogen (secondary N) is 2. The van der Waals surface area contributed by atoms with Gasteiger partial charge >= 0.3 is 12.0 Å². The highest BCUT2D eigenvalue weighted by molar-refractivity contribution is 5.98. The molecule has 0 saturated heterocycles. The molecule has 3 amide bonds. The van der Waals surface area contributed by atoms with Crippen LogP contribution in [0.25, 0.3) is 0 Å². The van der Waals surface area contributed by atoms with Gasteiger partial charge in [-0.1, -0.05) is 0 Å². The Hall–Kier alpha value is -2.31. The zero-order valence-electron chi connectivity index (χ0n) is 11.9. The van der Waals surface area contributed by atoms with Crippen molar-refractivity contribution in [2.24, 2.45) is 0 Å². The van der Waals surface area contributed by atoms with Gasteiger partial charge in [-0.25, -0.2) is 9.59 Å². The van der Waals surface area contributed by atoms with Crippen LogP contribution >= 0.6 is 0 Å². The van der Waals surface area contributed by atoms with E-state index in [0.29, 0.717) is 18.1 Å². The van der Waals surface area contributed by atoms with Gasteiger partial charge in [0.15, 0.2) is 6.10 Å². The van der Waals surface area contributed by atoms with Crippen LogP contribution in [0.15, 0.2) is 10.5 Å². The Morgan fingerprint density at radius 3 is 2.50 bits per heavy atom. The maximum absolute atomic E-state index is 11.8. The van der Waals surface area contributed by atoms with Gasteiger partial charge in [0.25, 0.3) is 5.91 Å². The van der Waals surface area contributed by atoms with Crippen LogP contribution in [0.3, 0.4) is 0 Å². The number of aryl methyl sites for hydroxylation is 2. The molecule has 0 aliphatic carbocycles. The first-order valence-electron chi connectivity index (χ1n) is 6.21. The molecule has 0 aromatic carbocycles. The van der Waals surface area contributed by atoms with Gasteiger partial charge in [-0.15, -0.1) is 0 Å². The second kappa shape index (κ2) is 6.74. The first-order valence-corrected chi connectivity index (χ1v) is 6.21. The Balaban J connectivity index is 2.59. The SMILES string of the molecule is CCNC(=O)NC(=O)C(C)OC(=O)c1cc(C)oc1C. The Bertz CT molecular complexity index is 521. The van der Waals surface area contributed by atoms with Crippen LogP contribution in [0, 0.1) is 13.8 Å². The van der Waals surface area contributed by atoms with Gasteiger partial charge < -0.3 is 14.5 Å². The molecule has 7 heteroatoms. The van der Waals surface area contributed by atoms with E-state index in [2.05, 4.69) is 10.6 Å². The third-order valence-electron chi connectivity index (χ3n) is 2.49. The van der Waals surface area contributed by atoms with Gasteiger partial charge in [0.05, 0.1) is 0 Å². The van der Waals surface area contributed by atoms with Crippen molar-refractivity contribution in [1.82, 2.24) is 10.6 Å². The molecule has 1 rings (SSSR count). The molecule has 0 radical (unpaired) electrons. The second-order valence-electron chi connectivity index (χ2n) is 4.22. The normalized spacial score (nSPS) is 11.6. The summed E-state index contributed by atoms with van der Waals surface area (Å²) in [6, 6.07) is 0.905. The quantitative estimate of drug-likeness (QED) is 0.811. The number of ether oxygens (including phenoxy) is 1. The number of hydrogen-bond donors (Lipinski definition) is 2. The number of carbonyl (C=O) groups excluding carboxylic acids is 3. The Labute approximate surface area is 116 Å². The number of esters is 1. The topological polar surface area (TPSA) is 97.6 Å². The van der Waals surface area contributed by atoms with Crippen LogP contribution < -0.4 is 10.6 Å². The van der Waals surface area contributed by atoms with Crippen molar-refractivity contribution in [3.05, 3.63) is 23.2 Å². The summed E-state index contributed by atoms with van der Waals surface area (Å²) in [4.78, 5) is 34.6. The molecule has 1 aromatic rings. The van der Waals surface area contributed by atoms with E-state index in [0.717, 1.165) is 0 Å². The molecular weight excluding hydrogens is 264 g/mol. The predicted octanol–water partition coefficient (Wildman–Crippen LogP) is 1.29. The number of carbonyl (C=O) groups is 3. The van der Waals surface area contributed by atoms with Crippen molar-refractivity contribution in [1.29, 1.82) is 0 Å². The van der Waals surface area contributed by atoms with E-state index < -0.39 is 24.0 Å². The summed E-state index contributed by atoms with van der Waals surface area (Å²) in [6.45, 7) is 6.82. The number of hydrogen-bond acceptors (Lipinski definition) is 5. The van der Waals surface area contributed by atoms with Crippen LogP contribution in [0.2, 0.25) is 0 Å². The van der Waals surface area contributed by atoms with Crippen LogP contribution in [-0.4, -0.2) is 30.6 Å². The monoisotopic (exact) mass is 282 g/mol. The minimum Gasteiger partial charge on any atom is -0.466 e. The lowest BCUT2D eigenvalue weighted by atomic mass is 10.2. The summed E-state index contributed by atoms with van der Waals surface area (Å²) in [5.41, 5.74) is 0.264. The molecule has 7 nitrogen and oxygen atoms in total. The van der Waals surface area contributed by atoms with Crippen LogP contribution in [0.1, 0.15) is 35.7 Å². The average molecular weight is 282 g/mol. The molecule has 0 fully saturated rings. The summed E-state index contributed by atoms with van der Waals surface area (Å²) in [7, 11) is 0. The summed E-state index contributed by atoms with van der Waals surface area (Å²) in [5.74, 6) is -0.363. The maximum Gasteiger partial charge on any atom is 0.342 e. The molecule has 1 unspecified atom stereocenters. The first kappa shape index (κ1) is 15.7. The highest BCUT2D eigenvalue weighted by atomic mass is 16.5. The Kier molecular flexibility index (Phi) is 5.31. The molecule has 0 bridgehead atoms. The number of imide groups is 1. The predicted molar refractivity (Wildman–Crippen MR) is 70.3 cm³/mol. The van der Waals surface area contributed by atoms with Crippen molar-refractivity contribution in [2.75, 3.05) is 6.54 Å². The van der Waals surface area contributed by atoms with E-state index in [4.69, 9.17) is 9.15 Å². The summed E-state index contributed by atoms with van der Waals surface area (Å²) in [6.07, 6.45) is -1.08. The number of urea groups is 1. The zero-order chi connectivity index (χ0) is 15.3. The van der Waals surface area contributed by atoms with Crippen molar-refractivity contribution in [3.63, 3.8) is 0 Å². The van der Waals surface area contributed by atoms with Gasteiger partial charge in [-0.3, -0.25) is 10.1 Å². The zero-order valence-corrected chi connectivity index (χ0v) is 11.9. The molecule has 1 heterocycles. The van der Waals surface area contributed by atoms with E-state index in [9.17, 15) is 14.4 Å². The summed E-state index contributed by atoms with van der Waals surface area (Å²) < 4.78 is 10.2. The summed E-state index contributed by atoms with van der Waals surface area (Å²) >= 11 is 0. The standard InChI is InChI=1S/C13H18N2O5/c1-5-14-13(18)15-11(16)9(4)20-12(17)10-6-7(2)19-8(10)3/h6,9H,5H2,1-4H3,(H2,14,15,16,18). The minimum absolute atomic E-state index is 0.264.